The van der Waals surface area contributed by atoms with E-state index in [1.807, 2.05) is 42.5 Å². The summed E-state index contributed by atoms with van der Waals surface area (Å²) in [4.78, 5) is 14.8. The summed E-state index contributed by atoms with van der Waals surface area (Å²) in [6.45, 7) is 2.05. The van der Waals surface area contributed by atoms with Gasteiger partial charge in [0.1, 0.15) is 24.2 Å². The molecule has 4 rings (SSSR count). The molecule has 1 N–H and O–H groups in total. The van der Waals surface area contributed by atoms with Crippen LogP contribution in [0.5, 0.6) is 23.0 Å². The molecule has 2 aromatic rings. The molecule has 0 radical (unpaired) electrons. The van der Waals surface area contributed by atoms with Crippen molar-refractivity contribution >= 4 is 5.91 Å². The average molecular weight is 412 g/mol. The normalized spacial score (nSPS) is 20.6. The fourth-order valence-corrected chi connectivity index (χ4v) is 4.09. The predicted octanol–water partition coefficient (Wildman–Crippen LogP) is 2.80. The van der Waals surface area contributed by atoms with Crippen molar-refractivity contribution in [1.29, 1.82) is 0 Å². The Morgan fingerprint density at radius 3 is 2.80 bits per heavy atom. The third-order valence-electron chi connectivity index (χ3n) is 5.60. The van der Waals surface area contributed by atoms with E-state index in [1.54, 1.807) is 14.2 Å². The molecular formula is C23H28N2O5. The van der Waals surface area contributed by atoms with Gasteiger partial charge in [0, 0.05) is 17.7 Å². The van der Waals surface area contributed by atoms with E-state index in [9.17, 15) is 4.79 Å². The number of benzene rings is 2. The zero-order chi connectivity index (χ0) is 20.9. The van der Waals surface area contributed by atoms with Crippen LogP contribution in [-0.4, -0.2) is 57.4 Å². The number of ether oxygens (including phenoxy) is 4. The van der Waals surface area contributed by atoms with E-state index in [0.29, 0.717) is 25.4 Å². The molecule has 2 atom stereocenters. The third-order valence-corrected chi connectivity index (χ3v) is 5.60. The second kappa shape index (κ2) is 9.26. The van der Waals surface area contributed by atoms with Crippen LogP contribution in [0.1, 0.15) is 24.4 Å². The van der Waals surface area contributed by atoms with Crippen LogP contribution >= 0.6 is 0 Å². The van der Waals surface area contributed by atoms with Crippen LogP contribution in [-0.2, 0) is 4.79 Å². The van der Waals surface area contributed by atoms with Crippen LogP contribution in [0.3, 0.4) is 0 Å². The van der Waals surface area contributed by atoms with E-state index in [4.69, 9.17) is 18.9 Å². The van der Waals surface area contributed by atoms with Gasteiger partial charge in [-0.3, -0.25) is 9.69 Å². The van der Waals surface area contributed by atoms with E-state index in [2.05, 4.69) is 10.2 Å². The van der Waals surface area contributed by atoms with Crippen LogP contribution in [0.4, 0.5) is 0 Å². The quantitative estimate of drug-likeness (QED) is 0.754. The topological polar surface area (TPSA) is 69.3 Å². The van der Waals surface area contributed by atoms with Crippen molar-refractivity contribution in [2.45, 2.75) is 25.0 Å². The first-order valence-electron chi connectivity index (χ1n) is 10.3. The second-order valence-corrected chi connectivity index (χ2v) is 7.54. The van der Waals surface area contributed by atoms with Crippen molar-refractivity contribution in [2.24, 2.45) is 0 Å². The Morgan fingerprint density at radius 2 is 2.00 bits per heavy atom. The molecule has 1 saturated heterocycles. The molecule has 2 aliphatic heterocycles. The van der Waals surface area contributed by atoms with E-state index < -0.39 is 0 Å². The molecule has 0 saturated carbocycles. The molecule has 160 valence electrons. The number of nitrogens with zero attached hydrogens (tertiary/aromatic N) is 1. The molecular weight excluding hydrogens is 384 g/mol. The van der Waals surface area contributed by atoms with Crippen LogP contribution in [0, 0.1) is 0 Å². The standard InChI is InChI=1S/C23H28N2O5/c1-27-16-9-10-18(22(12-16)28-2)19-6-5-11-25(19)14-23(26)24-13-17-15-29-20-7-3-4-8-21(20)30-17/h3-4,7-10,12,17,19H,5-6,11,13-15H2,1-2H3,(H,24,26)/t17-,19+/m0/s1. The van der Waals surface area contributed by atoms with Crippen molar-refractivity contribution < 1.29 is 23.7 Å². The number of amides is 1. The van der Waals surface area contributed by atoms with Crippen LogP contribution in [0.25, 0.3) is 0 Å². The number of likely N-dealkylation sites (tertiary alicyclic amines) is 1. The van der Waals surface area contributed by atoms with Gasteiger partial charge in [-0.2, -0.15) is 0 Å². The first-order valence-corrected chi connectivity index (χ1v) is 10.3. The molecule has 7 heteroatoms. The first-order chi connectivity index (χ1) is 14.7. The Balaban J connectivity index is 1.33. The highest BCUT2D eigenvalue weighted by Gasteiger charge is 2.30. The smallest absolute Gasteiger partial charge is 0.234 e. The summed E-state index contributed by atoms with van der Waals surface area (Å²) in [5, 5.41) is 2.99. The molecule has 0 aliphatic carbocycles. The zero-order valence-electron chi connectivity index (χ0n) is 17.4. The lowest BCUT2D eigenvalue weighted by Crippen LogP contribution is -2.44. The summed E-state index contributed by atoms with van der Waals surface area (Å²) >= 11 is 0. The molecule has 1 amide bonds. The minimum absolute atomic E-state index is 0.0168. The lowest BCUT2D eigenvalue weighted by atomic mass is 10.0. The van der Waals surface area contributed by atoms with Gasteiger partial charge in [0.15, 0.2) is 11.5 Å². The van der Waals surface area contributed by atoms with Gasteiger partial charge >= 0.3 is 0 Å². The second-order valence-electron chi connectivity index (χ2n) is 7.54. The molecule has 1 fully saturated rings. The van der Waals surface area contributed by atoms with Crippen molar-refractivity contribution in [3.05, 3.63) is 48.0 Å². The molecule has 30 heavy (non-hydrogen) atoms. The van der Waals surface area contributed by atoms with E-state index in [0.717, 1.165) is 42.2 Å². The van der Waals surface area contributed by atoms with Gasteiger partial charge in [0.25, 0.3) is 0 Å². The SMILES string of the molecule is COc1ccc([C@H]2CCCN2CC(=O)NC[C@H]2COc3ccccc3O2)c(OC)c1. The fourth-order valence-electron chi connectivity index (χ4n) is 4.09. The number of fused-ring (bicyclic) bond motifs is 1. The van der Waals surface area contributed by atoms with Crippen molar-refractivity contribution in [3.8, 4) is 23.0 Å². The molecule has 2 aromatic carbocycles. The molecule has 2 heterocycles. The number of para-hydroxylation sites is 2. The summed E-state index contributed by atoms with van der Waals surface area (Å²) < 4.78 is 22.5. The van der Waals surface area contributed by atoms with Crippen LogP contribution < -0.4 is 24.3 Å². The number of carbonyl (C=O) groups is 1. The van der Waals surface area contributed by atoms with E-state index >= 15 is 0 Å². The summed E-state index contributed by atoms with van der Waals surface area (Å²) in [6, 6.07) is 13.6. The number of carbonyl (C=O) groups excluding carboxylic acids is 1. The number of rotatable bonds is 7. The third kappa shape index (κ3) is 4.46. The highest BCUT2D eigenvalue weighted by atomic mass is 16.6. The zero-order valence-corrected chi connectivity index (χ0v) is 17.4. The Kier molecular flexibility index (Phi) is 6.28. The monoisotopic (exact) mass is 412 g/mol. The maximum absolute atomic E-state index is 12.6. The number of nitrogens with one attached hydrogen (secondary N) is 1. The molecule has 0 bridgehead atoms. The van der Waals surface area contributed by atoms with Gasteiger partial charge in [-0.1, -0.05) is 18.2 Å². The number of hydrogen-bond acceptors (Lipinski definition) is 6. The van der Waals surface area contributed by atoms with Crippen molar-refractivity contribution in [1.82, 2.24) is 10.2 Å². The maximum Gasteiger partial charge on any atom is 0.234 e. The van der Waals surface area contributed by atoms with E-state index in [-0.39, 0.29) is 18.1 Å². The summed E-state index contributed by atoms with van der Waals surface area (Å²) in [7, 11) is 3.30. The van der Waals surface area contributed by atoms with E-state index in [1.165, 1.54) is 0 Å². The van der Waals surface area contributed by atoms with Gasteiger partial charge in [-0.25, -0.2) is 0 Å². The van der Waals surface area contributed by atoms with Gasteiger partial charge < -0.3 is 24.3 Å². The fraction of sp³-hybridized carbons (Fsp3) is 0.435. The van der Waals surface area contributed by atoms with Gasteiger partial charge in [-0.15, -0.1) is 0 Å². The lowest BCUT2D eigenvalue weighted by molar-refractivity contribution is -0.123. The summed E-state index contributed by atoms with van der Waals surface area (Å²) in [6.07, 6.45) is 1.84. The van der Waals surface area contributed by atoms with Crippen LogP contribution in [0.2, 0.25) is 0 Å². The summed E-state index contributed by atoms with van der Waals surface area (Å²) in [5.74, 6) is 2.99. The first kappa shape index (κ1) is 20.3. The molecule has 0 unspecified atom stereocenters. The Bertz CT molecular complexity index is 888. The minimum Gasteiger partial charge on any atom is -0.497 e. The Hall–Kier alpha value is -2.93. The largest absolute Gasteiger partial charge is 0.497 e. The highest BCUT2D eigenvalue weighted by molar-refractivity contribution is 5.78. The lowest BCUT2D eigenvalue weighted by Gasteiger charge is -2.28. The maximum atomic E-state index is 12.6. The number of methoxy groups -OCH3 is 2. The van der Waals surface area contributed by atoms with Gasteiger partial charge in [-0.05, 0) is 37.6 Å². The average Bonchev–Trinajstić information content (AvgIpc) is 3.24. The van der Waals surface area contributed by atoms with Crippen molar-refractivity contribution in [2.75, 3.05) is 40.5 Å². The molecule has 0 aromatic heterocycles. The van der Waals surface area contributed by atoms with Gasteiger partial charge in [0.2, 0.25) is 5.91 Å². The predicted molar refractivity (Wildman–Crippen MR) is 112 cm³/mol. The molecule has 2 aliphatic rings. The van der Waals surface area contributed by atoms with Crippen molar-refractivity contribution in [3.63, 3.8) is 0 Å². The number of hydrogen-bond donors (Lipinski definition) is 1. The minimum atomic E-state index is -0.195. The Morgan fingerprint density at radius 1 is 1.17 bits per heavy atom. The van der Waals surface area contributed by atoms with Crippen LogP contribution in [0.15, 0.2) is 42.5 Å². The Labute approximate surface area is 176 Å². The summed E-state index contributed by atoms with van der Waals surface area (Å²) in [5.41, 5.74) is 1.09. The van der Waals surface area contributed by atoms with Gasteiger partial charge in [0.05, 0.1) is 27.3 Å². The molecule has 7 nitrogen and oxygen atoms in total. The highest BCUT2D eigenvalue weighted by Crippen LogP contribution is 2.38. The molecule has 0 spiro atoms.